The number of ether oxygens (including phenoxy) is 1. The molecule has 0 aliphatic carbocycles. The highest BCUT2D eigenvalue weighted by molar-refractivity contribution is 6.04. The van der Waals surface area contributed by atoms with Gasteiger partial charge in [-0.3, -0.25) is 9.59 Å². The van der Waals surface area contributed by atoms with Crippen molar-refractivity contribution in [1.29, 1.82) is 0 Å². The molecule has 0 atom stereocenters. The summed E-state index contributed by atoms with van der Waals surface area (Å²) < 4.78 is 5.33. The topological polar surface area (TPSA) is 76.2 Å². The summed E-state index contributed by atoms with van der Waals surface area (Å²) in [5.74, 6) is -0.280. The lowest BCUT2D eigenvalue weighted by Crippen LogP contribution is -2.15. The van der Waals surface area contributed by atoms with E-state index in [2.05, 4.69) is 4.98 Å². The van der Waals surface area contributed by atoms with Gasteiger partial charge < -0.3 is 9.72 Å². The van der Waals surface area contributed by atoms with Gasteiger partial charge in [0.15, 0.2) is 5.78 Å². The molecule has 3 rings (SSSR count). The van der Waals surface area contributed by atoms with Crippen LogP contribution in [0.5, 0.6) is 5.75 Å². The first-order valence-corrected chi connectivity index (χ1v) is 7.56. The van der Waals surface area contributed by atoms with Crippen LogP contribution in [0.25, 0.3) is 10.9 Å². The van der Waals surface area contributed by atoms with Crippen molar-refractivity contribution in [2.75, 3.05) is 0 Å². The number of carbonyl (C=O) groups excluding carboxylic acids is 2. The number of benzene rings is 2. The van der Waals surface area contributed by atoms with E-state index in [0.717, 1.165) is 0 Å². The van der Waals surface area contributed by atoms with E-state index in [1.807, 2.05) is 0 Å². The van der Waals surface area contributed by atoms with E-state index in [1.54, 1.807) is 55.5 Å². The Morgan fingerprint density at radius 2 is 1.75 bits per heavy atom. The van der Waals surface area contributed by atoms with Gasteiger partial charge >= 0.3 is 5.97 Å². The fraction of sp³-hybridized carbons (Fsp3) is 0.105. The molecule has 3 aromatic rings. The van der Waals surface area contributed by atoms with Gasteiger partial charge in [0.05, 0.1) is 5.56 Å². The molecule has 1 N–H and O–H groups in total. The highest BCUT2D eigenvalue weighted by Gasteiger charge is 2.14. The molecule has 0 saturated carbocycles. The number of ketones is 1. The number of pyridine rings is 1. The van der Waals surface area contributed by atoms with Crippen molar-refractivity contribution in [1.82, 2.24) is 4.98 Å². The molecule has 0 saturated heterocycles. The third-order valence-electron chi connectivity index (χ3n) is 3.68. The monoisotopic (exact) mass is 321 g/mol. The van der Waals surface area contributed by atoms with Gasteiger partial charge in [-0.1, -0.05) is 25.1 Å². The number of rotatable bonds is 4. The molecule has 120 valence electrons. The normalized spacial score (nSPS) is 10.5. The average Bonchev–Trinajstić information content (AvgIpc) is 2.60. The van der Waals surface area contributed by atoms with Crippen LogP contribution in [0.1, 0.15) is 34.1 Å². The maximum Gasteiger partial charge on any atom is 0.344 e. The second kappa shape index (κ2) is 6.50. The number of Topliss-reactive ketones (excluding diaryl/α,β-unsaturated/α-hetero) is 1. The molecular formula is C19H15NO4. The minimum absolute atomic E-state index is 0.0217. The highest BCUT2D eigenvalue weighted by Crippen LogP contribution is 2.19. The zero-order chi connectivity index (χ0) is 17.1. The number of para-hydroxylation sites is 1. The van der Waals surface area contributed by atoms with Crippen LogP contribution in [0, 0.1) is 0 Å². The van der Waals surface area contributed by atoms with E-state index in [-0.39, 0.29) is 16.9 Å². The summed E-state index contributed by atoms with van der Waals surface area (Å²) in [6, 6.07) is 14.6. The fourth-order valence-corrected chi connectivity index (χ4v) is 2.45. The summed E-state index contributed by atoms with van der Waals surface area (Å²) in [7, 11) is 0. The number of nitrogens with one attached hydrogen (secondary N) is 1. The predicted molar refractivity (Wildman–Crippen MR) is 90.6 cm³/mol. The van der Waals surface area contributed by atoms with Crippen LogP contribution < -0.4 is 10.3 Å². The van der Waals surface area contributed by atoms with Crippen LogP contribution in [-0.2, 0) is 0 Å². The number of fused-ring (bicyclic) bond motifs is 1. The van der Waals surface area contributed by atoms with Crippen LogP contribution >= 0.6 is 0 Å². The molecule has 5 heteroatoms. The van der Waals surface area contributed by atoms with Gasteiger partial charge in [0.25, 0.3) is 0 Å². The molecule has 2 aromatic carbocycles. The summed E-state index contributed by atoms with van der Waals surface area (Å²) >= 11 is 0. The maximum atomic E-state index is 12.4. The number of aromatic amines is 1. The molecule has 0 aliphatic heterocycles. The van der Waals surface area contributed by atoms with Crippen molar-refractivity contribution in [2.24, 2.45) is 0 Å². The van der Waals surface area contributed by atoms with Crippen LogP contribution in [0.3, 0.4) is 0 Å². The van der Waals surface area contributed by atoms with Gasteiger partial charge in [-0.05, 0) is 30.3 Å². The van der Waals surface area contributed by atoms with Crippen LogP contribution in [-0.4, -0.2) is 16.7 Å². The Labute approximate surface area is 137 Å². The number of H-pyrrole nitrogens is 1. The quantitative estimate of drug-likeness (QED) is 0.454. The van der Waals surface area contributed by atoms with Crippen molar-refractivity contribution < 1.29 is 14.3 Å². The molecule has 0 spiro atoms. The smallest absolute Gasteiger partial charge is 0.344 e. The molecule has 0 aliphatic rings. The minimum Gasteiger partial charge on any atom is -0.423 e. The molecule has 1 heterocycles. The van der Waals surface area contributed by atoms with E-state index >= 15 is 0 Å². The molecule has 0 radical (unpaired) electrons. The SMILES string of the molecule is CCC(=O)c1ccc(OC(=O)c2cc(=O)[nH]c3ccccc23)cc1. The molecule has 5 nitrogen and oxygen atoms in total. The molecule has 1 aromatic heterocycles. The zero-order valence-corrected chi connectivity index (χ0v) is 13.0. The first kappa shape index (κ1) is 15.7. The highest BCUT2D eigenvalue weighted by atomic mass is 16.5. The second-order valence-electron chi connectivity index (χ2n) is 5.28. The lowest BCUT2D eigenvalue weighted by atomic mass is 10.1. The van der Waals surface area contributed by atoms with E-state index in [1.165, 1.54) is 6.07 Å². The third kappa shape index (κ3) is 3.10. The Balaban J connectivity index is 1.90. The summed E-state index contributed by atoms with van der Waals surface area (Å²) in [5, 5.41) is 0.611. The average molecular weight is 321 g/mol. The van der Waals surface area contributed by atoms with Crippen molar-refractivity contribution in [3.05, 3.63) is 76.1 Å². The van der Waals surface area contributed by atoms with Crippen molar-refractivity contribution in [3.8, 4) is 5.75 Å². The van der Waals surface area contributed by atoms with E-state index in [4.69, 9.17) is 4.74 Å². The number of hydrogen-bond acceptors (Lipinski definition) is 4. The standard InChI is InChI=1S/C19H15NO4/c1-2-17(21)12-7-9-13(10-8-12)24-19(23)15-11-18(22)20-16-6-4-3-5-14(15)16/h3-11H,2H2,1H3,(H,20,22). The predicted octanol–water partition coefficient (Wildman–Crippen LogP) is 3.34. The van der Waals surface area contributed by atoms with Gasteiger partial charge in [0.1, 0.15) is 5.75 Å². The van der Waals surface area contributed by atoms with Crippen LogP contribution in [0.2, 0.25) is 0 Å². The Morgan fingerprint density at radius 3 is 2.46 bits per heavy atom. The minimum atomic E-state index is -0.619. The Hall–Kier alpha value is -3.21. The molecular weight excluding hydrogens is 306 g/mol. The zero-order valence-electron chi connectivity index (χ0n) is 13.0. The summed E-state index contributed by atoms with van der Waals surface area (Å²) in [5.41, 5.74) is 0.965. The van der Waals surface area contributed by atoms with Crippen molar-refractivity contribution in [2.45, 2.75) is 13.3 Å². The van der Waals surface area contributed by atoms with E-state index < -0.39 is 5.97 Å². The van der Waals surface area contributed by atoms with Gasteiger partial charge in [-0.25, -0.2) is 4.79 Å². The first-order valence-electron chi connectivity index (χ1n) is 7.56. The Bertz CT molecular complexity index is 971. The largest absolute Gasteiger partial charge is 0.423 e. The van der Waals surface area contributed by atoms with Crippen molar-refractivity contribution >= 4 is 22.7 Å². The van der Waals surface area contributed by atoms with Gasteiger partial charge in [-0.2, -0.15) is 0 Å². The third-order valence-corrected chi connectivity index (χ3v) is 3.68. The fourth-order valence-electron chi connectivity index (χ4n) is 2.45. The van der Waals surface area contributed by atoms with E-state index in [9.17, 15) is 14.4 Å². The lowest BCUT2D eigenvalue weighted by Gasteiger charge is -2.07. The lowest BCUT2D eigenvalue weighted by molar-refractivity contribution is 0.0736. The molecule has 0 bridgehead atoms. The summed E-state index contributed by atoms with van der Waals surface area (Å²) in [6.45, 7) is 1.79. The number of carbonyl (C=O) groups is 2. The number of hydrogen-bond donors (Lipinski definition) is 1. The number of esters is 1. The molecule has 0 fully saturated rings. The first-order chi connectivity index (χ1) is 11.6. The molecule has 0 unspecified atom stereocenters. The van der Waals surface area contributed by atoms with E-state index in [0.29, 0.717) is 28.6 Å². The Kier molecular flexibility index (Phi) is 4.24. The summed E-state index contributed by atoms with van der Waals surface area (Å²) in [6.07, 6.45) is 0.415. The van der Waals surface area contributed by atoms with Gasteiger partial charge in [0, 0.05) is 29.0 Å². The second-order valence-corrected chi connectivity index (χ2v) is 5.28. The summed E-state index contributed by atoms with van der Waals surface area (Å²) in [4.78, 5) is 38.4. The maximum absolute atomic E-state index is 12.4. The van der Waals surface area contributed by atoms with Gasteiger partial charge in [0.2, 0.25) is 5.56 Å². The van der Waals surface area contributed by atoms with Crippen LogP contribution in [0.15, 0.2) is 59.4 Å². The van der Waals surface area contributed by atoms with Gasteiger partial charge in [-0.15, -0.1) is 0 Å². The number of aromatic nitrogens is 1. The van der Waals surface area contributed by atoms with Crippen LogP contribution in [0.4, 0.5) is 0 Å². The molecule has 0 amide bonds. The molecule has 24 heavy (non-hydrogen) atoms. The Morgan fingerprint density at radius 1 is 1.04 bits per heavy atom. The van der Waals surface area contributed by atoms with Crippen molar-refractivity contribution in [3.63, 3.8) is 0 Å².